The Morgan fingerprint density at radius 2 is 1.24 bits per heavy atom. The highest BCUT2D eigenvalue weighted by molar-refractivity contribution is 6.07. The molecule has 0 aromatic heterocycles. The molecule has 0 radical (unpaired) electrons. The van der Waals surface area contributed by atoms with Crippen molar-refractivity contribution in [3.05, 3.63) is 58.7 Å². The third kappa shape index (κ3) is 10.1. The molecule has 0 aliphatic rings. The fourth-order valence-electron chi connectivity index (χ4n) is 3.99. The molecule has 0 unspecified atom stereocenters. The number of unbranched alkanes of at least 4 members (excludes halogenated alkanes) is 2. The Balaban J connectivity index is 2.61. The molecule has 0 spiro atoms. The van der Waals surface area contributed by atoms with Crippen molar-refractivity contribution in [3.8, 4) is 17.2 Å². The molecule has 0 fully saturated rings. The van der Waals surface area contributed by atoms with Crippen molar-refractivity contribution in [2.45, 2.75) is 107 Å². The number of benzene rings is 2. The number of esters is 2. The van der Waals surface area contributed by atoms with Crippen LogP contribution in [-0.2, 0) is 22.4 Å². The highest BCUT2D eigenvalue weighted by Gasteiger charge is 2.28. The zero-order valence-corrected chi connectivity index (χ0v) is 27.1. The van der Waals surface area contributed by atoms with Crippen LogP contribution in [0.2, 0.25) is 0 Å². The van der Waals surface area contributed by atoms with Gasteiger partial charge in [0.05, 0.1) is 23.0 Å². The average Bonchev–Trinajstić information content (AvgIpc) is 2.92. The van der Waals surface area contributed by atoms with Crippen LogP contribution in [0.3, 0.4) is 0 Å². The first-order valence-electron chi connectivity index (χ1n) is 15.3. The molecule has 6 heteroatoms. The number of hydrogen-bond acceptors (Lipinski definition) is 6. The third-order valence-electron chi connectivity index (χ3n) is 6.64. The van der Waals surface area contributed by atoms with Gasteiger partial charge in [0.1, 0.15) is 17.2 Å². The van der Waals surface area contributed by atoms with E-state index in [9.17, 15) is 14.4 Å². The van der Waals surface area contributed by atoms with Crippen LogP contribution in [0.5, 0.6) is 17.2 Å². The zero-order chi connectivity index (χ0) is 31.5. The Labute approximate surface area is 252 Å². The molecular weight excluding hydrogens is 528 g/mol. The van der Waals surface area contributed by atoms with E-state index in [4.69, 9.17) is 14.2 Å². The summed E-state index contributed by atoms with van der Waals surface area (Å²) in [5.74, 6) is 0.585. The van der Waals surface area contributed by atoms with Gasteiger partial charge < -0.3 is 14.2 Å². The number of allylic oxidation sites excluding steroid dienone is 1. The first-order chi connectivity index (χ1) is 19.7. The molecule has 0 N–H and O–H groups in total. The summed E-state index contributed by atoms with van der Waals surface area (Å²) in [4.78, 5) is 38.7. The fourth-order valence-corrected chi connectivity index (χ4v) is 3.99. The van der Waals surface area contributed by atoms with Crippen LogP contribution >= 0.6 is 0 Å². The minimum atomic E-state index is -0.706. The van der Waals surface area contributed by atoms with E-state index < -0.39 is 10.8 Å². The van der Waals surface area contributed by atoms with Gasteiger partial charge in [-0.1, -0.05) is 33.6 Å². The van der Waals surface area contributed by atoms with Crippen LogP contribution in [0.25, 0.3) is 6.08 Å². The molecular formula is C36H50O6. The summed E-state index contributed by atoms with van der Waals surface area (Å²) in [6, 6.07) is 8.63. The number of ether oxygens (including phenoxy) is 3. The molecule has 230 valence electrons. The molecule has 0 saturated carbocycles. The van der Waals surface area contributed by atoms with Crippen molar-refractivity contribution in [1.29, 1.82) is 0 Å². The summed E-state index contributed by atoms with van der Waals surface area (Å²) in [6.45, 7) is 17.7. The van der Waals surface area contributed by atoms with Crippen LogP contribution in [-0.4, -0.2) is 24.3 Å². The van der Waals surface area contributed by atoms with Gasteiger partial charge in [0.2, 0.25) is 0 Å². The van der Waals surface area contributed by atoms with E-state index in [2.05, 4.69) is 19.9 Å². The second kappa shape index (κ2) is 15.7. The molecule has 2 aromatic rings. The molecule has 0 atom stereocenters. The molecule has 0 aliphatic carbocycles. The molecule has 2 aromatic carbocycles. The van der Waals surface area contributed by atoms with Crippen molar-refractivity contribution in [2.75, 3.05) is 6.61 Å². The Morgan fingerprint density at radius 3 is 1.74 bits per heavy atom. The molecule has 0 aliphatic heterocycles. The summed E-state index contributed by atoms with van der Waals surface area (Å²) < 4.78 is 17.8. The largest absolute Gasteiger partial charge is 0.493 e. The Kier molecular flexibility index (Phi) is 13.0. The van der Waals surface area contributed by atoms with Gasteiger partial charge in [-0.05, 0) is 127 Å². The number of hydrogen-bond donors (Lipinski definition) is 0. The van der Waals surface area contributed by atoms with Crippen molar-refractivity contribution in [3.63, 3.8) is 0 Å². The van der Waals surface area contributed by atoms with Gasteiger partial charge in [0.25, 0.3) is 0 Å². The Bertz CT molecular complexity index is 1240. The monoisotopic (exact) mass is 578 g/mol. The van der Waals surface area contributed by atoms with E-state index >= 15 is 0 Å². The molecule has 42 heavy (non-hydrogen) atoms. The van der Waals surface area contributed by atoms with Crippen LogP contribution in [0, 0.1) is 10.8 Å². The average molecular weight is 579 g/mol. The Hall–Kier alpha value is -3.41. The second-order valence-electron chi connectivity index (χ2n) is 12.8. The lowest BCUT2D eigenvalue weighted by atomic mass is 9.94. The smallest absolute Gasteiger partial charge is 0.316 e. The summed E-state index contributed by atoms with van der Waals surface area (Å²) in [7, 11) is 0. The first kappa shape index (κ1) is 34.8. The highest BCUT2D eigenvalue weighted by Crippen LogP contribution is 2.40. The summed E-state index contributed by atoms with van der Waals surface area (Å²) in [5, 5.41) is 0. The minimum Gasteiger partial charge on any atom is -0.493 e. The van der Waals surface area contributed by atoms with E-state index in [1.54, 1.807) is 51.1 Å². The molecule has 0 saturated heterocycles. The number of rotatable bonds is 14. The maximum atomic E-state index is 13.3. The first-order valence-corrected chi connectivity index (χ1v) is 15.3. The van der Waals surface area contributed by atoms with Gasteiger partial charge in [0.15, 0.2) is 5.78 Å². The van der Waals surface area contributed by atoms with E-state index in [1.807, 2.05) is 27.7 Å². The lowest BCUT2D eigenvalue weighted by molar-refractivity contribution is -0.143. The van der Waals surface area contributed by atoms with Crippen molar-refractivity contribution in [1.82, 2.24) is 0 Å². The van der Waals surface area contributed by atoms with Crippen molar-refractivity contribution < 1.29 is 28.6 Å². The van der Waals surface area contributed by atoms with Gasteiger partial charge in [-0.3, -0.25) is 14.4 Å². The number of carbonyl (C=O) groups is 3. The molecule has 0 bridgehead atoms. The van der Waals surface area contributed by atoms with Crippen LogP contribution in [0.4, 0.5) is 0 Å². The Morgan fingerprint density at radius 1 is 0.714 bits per heavy atom. The lowest BCUT2D eigenvalue weighted by Crippen LogP contribution is -2.26. The summed E-state index contributed by atoms with van der Waals surface area (Å²) in [6.07, 6.45) is 9.56. The van der Waals surface area contributed by atoms with Crippen LogP contribution in [0.15, 0.2) is 36.4 Å². The summed E-state index contributed by atoms with van der Waals surface area (Å²) >= 11 is 0. The van der Waals surface area contributed by atoms with Gasteiger partial charge in [-0.2, -0.15) is 0 Å². The van der Waals surface area contributed by atoms with E-state index in [1.165, 1.54) is 6.08 Å². The molecule has 2 rings (SSSR count). The standard InChI is InChI=1S/C36H50O6/c1-10-13-15-26-24-27(16-14-11-2)32(42-34(39)36(7,8)9)29(31(26)40-23-12-3)21-22-30(37)25-17-19-28(20-18-25)41-33(38)35(4,5)6/h17-22,24H,10-16,23H2,1-9H3. The number of aryl methyl sites for hydroxylation is 2. The fraction of sp³-hybridized carbons (Fsp3) is 0.528. The van der Waals surface area contributed by atoms with Gasteiger partial charge in [-0.25, -0.2) is 0 Å². The van der Waals surface area contributed by atoms with Gasteiger partial charge in [0, 0.05) is 5.56 Å². The van der Waals surface area contributed by atoms with Crippen molar-refractivity contribution >= 4 is 23.8 Å². The topological polar surface area (TPSA) is 78.9 Å². The van der Waals surface area contributed by atoms with Crippen LogP contribution in [0.1, 0.15) is 121 Å². The molecule has 0 heterocycles. The normalized spacial score (nSPS) is 11.9. The van der Waals surface area contributed by atoms with Gasteiger partial charge >= 0.3 is 11.9 Å². The van der Waals surface area contributed by atoms with E-state index in [0.29, 0.717) is 35.0 Å². The summed E-state index contributed by atoms with van der Waals surface area (Å²) in [5.41, 5.74) is 1.72. The maximum Gasteiger partial charge on any atom is 0.316 e. The second-order valence-corrected chi connectivity index (χ2v) is 12.8. The van der Waals surface area contributed by atoms with E-state index in [-0.39, 0.29) is 17.7 Å². The SMILES string of the molecule is CCCCc1cc(CCCC)c(OC(=O)C(C)(C)C)c(C=CC(=O)c2ccc(OC(=O)C(C)(C)C)cc2)c1OCCC. The van der Waals surface area contributed by atoms with E-state index in [0.717, 1.165) is 56.1 Å². The predicted octanol–water partition coefficient (Wildman–Crippen LogP) is 8.96. The maximum absolute atomic E-state index is 13.3. The molecule has 0 amide bonds. The predicted molar refractivity (Wildman–Crippen MR) is 169 cm³/mol. The number of ketones is 1. The minimum absolute atomic E-state index is 0.229. The third-order valence-corrected chi connectivity index (χ3v) is 6.64. The quantitative estimate of drug-likeness (QED) is 0.0963. The number of carbonyl (C=O) groups excluding carboxylic acids is 3. The van der Waals surface area contributed by atoms with Crippen LogP contribution < -0.4 is 14.2 Å². The van der Waals surface area contributed by atoms with Crippen molar-refractivity contribution in [2.24, 2.45) is 10.8 Å². The lowest BCUT2D eigenvalue weighted by Gasteiger charge is -2.23. The zero-order valence-electron chi connectivity index (χ0n) is 27.1. The van der Waals surface area contributed by atoms with Gasteiger partial charge in [-0.15, -0.1) is 0 Å². The molecule has 6 nitrogen and oxygen atoms in total. The highest BCUT2D eigenvalue weighted by atomic mass is 16.5.